The van der Waals surface area contributed by atoms with Crippen molar-refractivity contribution in [3.05, 3.63) is 18.2 Å². The number of rotatable bonds is 4. The summed E-state index contributed by atoms with van der Waals surface area (Å²) in [7, 11) is 0. The van der Waals surface area contributed by atoms with Crippen LogP contribution in [0.5, 0.6) is 5.75 Å². The molecule has 0 radical (unpaired) electrons. The van der Waals surface area contributed by atoms with Gasteiger partial charge in [-0.3, -0.25) is 0 Å². The van der Waals surface area contributed by atoms with Gasteiger partial charge in [0.1, 0.15) is 5.75 Å². The fourth-order valence-corrected chi connectivity index (χ4v) is 2.69. The number of nitrogens with two attached hydrogens (primary N) is 1. The lowest BCUT2D eigenvalue weighted by Crippen LogP contribution is -2.21. The van der Waals surface area contributed by atoms with Gasteiger partial charge in [0.05, 0.1) is 6.10 Å². The molecule has 1 aliphatic heterocycles. The summed E-state index contributed by atoms with van der Waals surface area (Å²) in [5, 5.41) is 0. The standard InChI is InChI=1S/C16H26N2O/c1-11(2)13-5-6-18(10-13)15-7-14(17)8-16(9-15)19-12(3)4/h7-9,11-13H,5-6,10,17H2,1-4H3. The first-order chi connectivity index (χ1) is 8.95. The van der Waals surface area contributed by atoms with Crippen LogP contribution in [0, 0.1) is 11.8 Å². The van der Waals surface area contributed by atoms with E-state index in [1.165, 1.54) is 12.1 Å². The topological polar surface area (TPSA) is 38.5 Å². The maximum absolute atomic E-state index is 5.99. The Labute approximate surface area is 116 Å². The normalized spacial score (nSPS) is 19.5. The molecule has 106 valence electrons. The second kappa shape index (κ2) is 5.72. The second-order valence-corrected chi connectivity index (χ2v) is 6.17. The van der Waals surface area contributed by atoms with Crippen LogP contribution in [0.3, 0.4) is 0 Å². The Hall–Kier alpha value is -1.38. The minimum Gasteiger partial charge on any atom is -0.491 e. The quantitative estimate of drug-likeness (QED) is 0.843. The summed E-state index contributed by atoms with van der Waals surface area (Å²) in [6.45, 7) is 10.9. The lowest BCUT2D eigenvalue weighted by molar-refractivity contribution is 0.242. The molecule has 1 aromatic rings. The van der Waals surface area contributed by atoms with Crippen LogP contribution in [-0.2, 0) is 0 Å². The summed E-state index contributed by atoms with van der Waals surface area (Å²) in [6.07, 6.45) is 1.45. The van der Waals surface area contributed by atoms with Gasteiger partial charge in [0, 0.05) is 36.6 Å². The van der Waals surface area contributed by atoms with Gasteiger partial charge in [-0.15, -0.1) is 0 Å². The maximum atomic E-state index is 5.99. The molecular formula is C16H26N2O. The molecule has 1 atom stereocenters. The van der Waals surface area contributed by atoms with Gasteiger partial charge in [-0.05, 0) is 38.2 Å². The summed E-state index contributed by atoms with van der Waals surface area (Å²) in [4.78, 5) is 2.42. The summed E-state index contributed by atoms with van der Waals surface area (Å²) in [6, 6.07) is 6.06. The molecule has 1 fully saturated rings. The van der Waals surface area contributed by atoms with E-state index in [1.807, 2.05) is 19.9 Å². The third kappa shape index (κ3) is 3.55. The molecule has 1 heterocycles. The number of benzene rings is 1. The molecule has 2 rings (SSSR count). The lowest BCUT2D eigenvalue weighted by atomic mass is 9.95. The Kier molecular flexibility index (Phi) is 4.23. The molecule has 1 aliphatic rings. The fourth-order valence-electron chi connectivity index (χ4n) is 2.69. The van der Waals surface area contributed by atoms with E-state index < -0.39 is 0 Å². The van der Waals surface area contributed by atoms with Crippen LogP contribution in [0.25, 0.3) is 0 Å². The Morgan fingerprint density at radius 3 is 2.53 bits per heavy atom. The van der Waals surface area contributed by atoms with Crippen molar-refractivity contribution in [3.8, 4) is 5.75 Å². The van der Waals surface area contributed by atoms with E-state index >= 15 is 0 Å². The first kappa shape index (κ1) is 14.0. The minimum absolute atomic E-state index is 0.177. The van der Waals surface area contributed by atoms with E-state index in [9.17, 15) is 0 Å². The van der Waals surface area contributed by atoms with Crippen molar-refractivity contribution >= 4 is 11.4 Å². The molecule has 1 unspecified atom stereocenters. The molecule has 3 nitrogen and oxygen atoms in total. The van der Waals surface area contributed by atoms with Crippen molar-refractivity contribution in [2.75, 3.05) is 23.7 Å². The van der Waals surface area contributed by atoms with Gasteiger partial charge in [-0.1, -0.05) is 13.8 Å². The van der Waals surface area contributed by atoms with Crippen molar-refractivity contribution in [2.45, 2.75) is 40.2 Å². The molecule has 1 saturated heterocycles. The molecule has 3 heteroatoms. The largest absolute Gasteiger partial charge is 0.491 e. The molecule has 1 aromatic carbocycles. The van der Waals surface area contributed by atoms with E-state index in [0.717, 1.165) is 36.4 Å². The van der Waals surface area contributed by atoms with Crippen molar-refractivity contribution in [3.63, 3.8) is 0 Å². The molecule has 19 heavy (non-hydrogen) atoms. The third-order valence-electron chi connectivity index (χ3n) is 3.82. The van der Waals surface area contributed by atoms with Gasteiger partial charge in [0.2, 0.25) is 0 Å². The average Bonchev–Trinajstić information content (AvgIpc) is 2.76. The summed E-state index contributed by atoms with van der Waals surface area (Å²) in [5.74, 6) is 2.41. The van der Waals surface area contributed by atoms with Crippen LogP contribution < -0.4 is 15.4 Å². The second-order valence-electron chi connectivity index (χ2n) is 6.17. The smallest absolute Gasteiger partial charge is 0.123 e. The number of hydrogen-bond donors (Lipinski definition) is 1. The average molecular weight is 262 g/mol. The van der Waals surface area contributed by atoms with Crippen LogP contribution in [0.1, 0.15) is 34.1 Å². The number of anilines is 2. The molecule has 0 aliphatic carbocycles. The van der Waals surface area contributed by atoms with Crippen LogP contribution in [0.15, 0.2) is 18.2 Å². The molecule has 0 amide bonds. The Morgan fingerprint density at radius 2 is 1.95 bits per heavy atom. The highest BCUT2D eigenvalue weighted by molar-refractivity contribution is 5.61. The van der Waals surface area contributed by atoms with Crippen molar-refractivity contribution < 1.29 is 4.74 Å². The van der Waals surface area contributed by atoms with E-state index in [1.54, 1.807) is 0 Å². The molecule has 2 N–H and O–H groups in total. The van der Waals surface area contributed by atoms with Crippen molar-refractivity contribution in [1.29, 1.82) is 0 Å². The van der Waals surface area contributed by atoms with Crippen LogP contribution >= 0.6 is 0 Å². The molecular weight excluding hydrogens is 236 g/mol. The van der Waals surface area contributed by atoms with Gasteiger partial charge in [-0.25, -0.2) is 0 Å². The minimum atomic E-state index is 0.177. The zero-order chi connectivity index (χ0) is 14.0. The molecule has 0 aromatic heterocycles. The van der Waals surface area contributed by atoms with Gasteiger partial charge in [0.15, 0.2) is 0 Å². The highest BCUT2D eigenvalue weighted by Gasteiger charge is 2.25. The van der Waals surface area contributed by atoms with Crippen molar-refractivity contribution in [2.24, 2.45) is 11.8 Å². The predicted octanol–water partition coefficient (Wildman–Crippen LogP) is 3.54. The van der Waals surface area contributed by atoms with E-state index in [4.69, 9.17) is 10.5 Å². The van der Waals surface area contributed by atoms with E-state index in [2.05, 4.69) is 30.9 Å². The fraction of sp³-hybridized carbons (Fsp3) is 0.625. The Morgan fingerprint density at radius 1 is 1.21 bits per heavy atom. The van der Waals surface area contributed by atoms with E-state index in [0.29, 0.717) is 0 Å². The zero-order valence-electron chi connectivity index (χ0n) is 12.5. The van der Waals surface area contributed by atoms with Crippen molar-refractivity contribution in [1.82, 2.24) is 0 Å². The molecule has 0 spiro atoms. The maximum Gasteiger partial charge on any atom is 0.123 e. The first-order valence-electron chi connectivity index (χ1n) is 7.28. The number of hydrogen-bond acceptors (Lipinski definition) is 3. The van der Waals surface area contributed by atoms with Gasteiger partial charge in [0.25, 0.3) is 0 Å². The summed E-state index contributed by atoms with van der Waals surface area (Å²) < 4.78 is 5.76. The molecule has 0 saturated carbocycles. The number of ether oxygens (including phenoxy) is 1. The van der Waals surface area contributed by atoms with E-state index in [-0.39, 0.29) is 6.10 Å². The van der Waals surface area contributed by atoms with Crippen LogP contribution in [0.4, 0.5) is 11.4 Å². The Bertz CT molecular complexity index is 429. The zero-order valence-corrected chi connectivity index (χ0v) is 12.5. The third-order valence-corrected chi connectivity index (χ3v) is 3.82. The van der Waals surface area contributed by atoms with Crippen LogP contribution in [0.2, 0.25) is 0 Å². The highest BCUT2D eigenvalue weighted by Crippen LogP contribution is 2.32. The monoisotopic (exact) mass is 262 g/mol. The van der Waals surface area contributed by atoms with Gasteiger partial charge < -0.3 is 15.4 Å². The number of nitrogen functional groups attached to an aromatic ring is 1. The van der Waals surface area contributed by atoms with Gasteiger partial charge in [-0.2, -0.15) is 0 Å². The molecule has 0 bridgehead atoms. The van der Waals surface area contributed by atoms with Crippen LogP contribution in [-0.4, -0.2) is 19.2 Å². The summed E-state index contributed by atoms with van der Waals surface area (Å²) >= 11 is 0. The summed E-state index contributed by atoms with van der Waals surface area (Å²) in [5.41, 5.74) is 7.96. The Balaban J connectivity index is 2.14. The first-order valence-corrected chi connectivity index (χ1v) is 7.28. The predicted molar refractivity (Wildman–Crippen MR) is 81.8 cm³/mol. The number of nitrogens with zero attached hydrogens (tertiary/aromatic N) is 1. The SMILES string of the molecule is CC(C)Oc1cc(N)cc(N2CCC(C(C)C)C2)c1. The highest BCUT2D eigenvalue weighted by atomic mass is 16.5. The lowest BCUT2D eigenvalue weighted by Gasteiger charge is -2.22. The van der Waals surface area contributed by atoms with Gasteiger partial charge >= 0.3 is 0 Å².